The molecule has 5 nitrogen and oxygen atoms in total. The lowest BCUT2D eigenvalue weighted by Gasteiger charge is -2.19. The summed E-state index contributed by atoms with van der Waals surface area (Å²) < 4.78 is 5.92. The molecule has 0 bridgehead atoms. The van der Waals surface area contributed by atoms with Crippen LogP contribution in [0.2, 0.25) is 0 Å². The monoisotopic (exact) mass is 283 g/mol. The van der Waals surface area contributed by atoms with Crippen LogP contribution in [0, 0.1) is 6.92 Å². The molecule has 0 radical (unpaired) electrons. The van der Waals surface area contributed by atoms with Crippen LogP contribution in [-0.4, -0.2) is 10.9 Å². The summed E-state index contributed by atoms with van der Waals surface area (Å²) in [4.78, 5) is 15.8. The minimum absolute atomic E-state index is 0.0405. The molecule has 3 rings (SSSR count). The number of pyridine rings is 1. The number of hydrogen-bond donors (Lipinski definition) is 2. The van der Waals surface area contributed by atoms with E-state index in [9.17, 15) is 4.79 Å². The normalized spacial score (nSPS) is 13.5. The van der Waals surface area contributed by atoms with E-state index in [1.807, 2.05) is 37.3 Å². The molecule has 2 heterocycles. The number of carbonyl (C=O) groups excluding carboxylic acids is 1. The van der Waals surface area contributed by atoms with Gasteiger partial charge in [-0.05, 0) is 37.1 Å². The SMILES string of the molecule is Cc1cc(CN)cc(Oc2cccc3c2CCC(=O)N3)n1. The average Bonchev–Trinajstić information content (AvgIpc) is 2.46. The fourth-order valence-corrected chi connectivity index (χ4v) is 2.48. The molecule has 0 saturated heterocycles. The Kier molecular flexibility index (Phi) is 3.58. The van der Waals surface area contributed by atoms with E-state index in [-0.39, 0.29) is 5.91 Å². The second-order valence-corrected chi connectivity index (χ2v) is 5.09. The van der Waals surface area contributed by atoms with Crippen molar-refractivity contribution in [3.63, 3.8) is 0 Å². The van der Waals surface area contributed by atoms with Gasteiger partial charge in [-0.2, -0.15) is 0 Å². The predicted molar refractivity (Wildman–Crippen MR) is 80.3 cm³/mol. The minimum atomic E-state index is 0.0405. The second kappa shape index (κ2) is 5.54. The number of aromatic nitrogens is 1. The van der Waals surface area contributed by atoms with E-state index in [2.05, 4.69) is 10.3 Å². The van der Waals surface area contributed by atoms with Gasteiger partial charge in [0, 0.05) is 36.0 Å². The Bertz CT molecular complexity index is 698. The highest BCUT2D eigenvalue weighted by Gasteiger charge is 2.18. The average molecular weight is 283 g/mol. The van der Waals surface area contributed by atoms with E-state index < -0.39 is 0 Å². The number of carbonyl (C=O) groups is 1. The van der Waals surface area contributed by atoms with Crippen LogP contribution in [0.1, 0.15) is 23.2 Å². The van der Waals surface area contributed by atoms with Crippen molar-refractivity contribution in [2.24, 2.45) is 5.73 Å². The van der Waals surface area contributed by atoms with Gasteiger partial charge in [-0.15, -0.1) is 0 Å². The molecule has 0 aliphatic carbocycles. The quantitative estimate of drug-likeness (QED) is 0.907. The number of amides is 1. The summed E-state index contributed by atoms with van der Waals surface area (Å²) in [5, 5.41) is 2.86. The van der Waals surface area contributed by atoms with Crippen molar-refractivity contribution in [3.05, 3.63) is 47.2 Å². The first-order valence-electron chi connectivity index (χ1n) is 6.93. The van der Waals surface area contributed by atoms with Gasteiger partial charge < -0.3 is 15.8 Å². The lowest BCUT2D eigenvalue weighted by molar-refractivity contribution is -0.116. The molecule has 1 amide bonds. The molecule has 21 heavy (non-hydrogen) atoms. The van der Waals surface area contributed by atoms with Crippen molar-refractivity contribution >= 4 is 11.6 Å². The first-order valence-corrected chi connectivity index (χ1v) is 6.93. The van der Waals surface area contributed by atoms with Gasteiger partial charge in [0.05, 0.1) is 0 Å². The number of benzene rings is 1. The molecule has 0 spiro atoms. The highest BCUT2D eigenvalue weighted by atomic mass is 16.5. The maximum atomic E-state index is 11.4. The fourth-order valence-electron chi connectivity index (χ4n) is 2.48. The number of nitrogens with zero attached hydrogens (tertiary/aromatic N) is 1. The Morgan fingerprint density at radius 2 is 2.19 bits per heavy atom. The maximum absolute atomic E-state index is 11.4. The highest BCUT2D eigenvalue weighted by molar-refractivity contribution is 5.94. The summed E-state index contributed by atoms with van der Waals surface area (Å²) in [5.74, 6) is 1.30. The smallest absolute Gasteiger partial charge is 0.224 e. The molecule has 1 aromatic heterocycles. The van der Waals surface area contributed by atoms with E-state index in [0.717, 1.165) is 28.3 Å². The largest absolute Gasteiger partial charge is 0.439 e. The lowest BCUT2D eigenvalue weighted by Crippen LogP contribution is -2.19. The van der Waals surface area contributed by atoms with Crippen LogP contribution in [0.3, 0.4) is 0 Å². The van der Waals surface area contributed by atoms with Crippen molar-refractivity contribution in [2.45, 2.75) is 26.3 Å². The van der Waals surface area contributed by atoms with Crippen molar-refractivity contribution in [1.29, 1.82) is 0 Å². The molecule has 108 valence electrons. The van der Waals surface area contributed by atoms with E-state index in [0.29, 0.717) is 25.3 Å². The van der Waals surface area contributed by atoms with Crippen LogP contribution in [-0.2, 0) is 17.8 Å². The Labute approximate surface area is 123 Å². The van der Waals surface area contributed by atoms with Gasteiger partial charge in [0.25, 0.3) is 0 Å². The van der Waals surface area contributed by atoms with Gasteiger partial charge in [-0.25, -0.2) is 4.98 Å². The Morgan fingerprint density at radius 3 is 3.00 bits per heavy atom. The summed E-state index contributed by atoms with van der Waals surface area (Å²) in [6.07, 6.45) is 1.15. The summed E-state index contributed by atoms with van der Waals surface area (Å²) >= 11 is 0. The third-order valence-electron chi connectivity index (χ3n) is 3.45. The highest BCUT2D eigenvalue weighted by Crippen LogP contribution is 2.33. The van der Waals surface area contributed by atoms with Crippen molar-refractivity contribution in [1.82, 2.24) is 4.98 Å². The van der Waals surface area contributed by atoms with Crippen molar-refractivity contribution < 1.29 is 9.53 Å². The fraction of sp³-hybridized carbons (Fsp3) is 0.250. The topological polar surface area (TPSA) is 77.2 Å². The van der Waals surface area contributed by atoms with Gasteiger partial charge in [-0.1, -0.05) is 6.07 Å². The molecule has 0 atom stereocenters. The first kappa shape index (κ1) is 13.6. The van der Waals surface area contributed by atoms with Gasteiger partial charge in [0.15, 0.2) is 0 Å². The van der Waals surface area contributed by atoms with Crippen LogP contribution in [0.25, 0.3) is 0 Å². The molecule has 1 aliphatic heterocycles. The molecule has 3 N–H and O–H groups in total. The maximum Gasteiger partial charge on any atom is 0.224 e. The zero-order chi connectivity index (χ0) is 14.8. The Morgan fingerprint density at radius 1 is 1.33 bits per heavy atom. The third kappa shape index (κ3) is 2.87. The predicted octanol–water partition coefficient (Wildman–Crippen LogP) is 2.53. The molecule has 1 aromatic carbocycles. The van der Waals surface area contributed by atoms with Crippen LogP contribution in [0.5, 0.6) is 11.6 Å². The van der Waals surface area contributed by atoms with Gasteiger partial charge >= 0.3 is 0 Å². The number of fused-ring (bicyclic) bond motifs is 1. The third-order valence-corrected chi connectivity index (χ3v) is 3.45. The second-order valence-electron chi connectivity index (χ2n) is 5.09. The molecule has 0 fully saturated rings. The number of nitrogens with two attached hydrogens (primary N) is 1. The van der Waals surface area contributed by atoms with Crippen LogP contribution in [0.15, 0.2) is 30.3 Å². The Balaban J connectivity index is 1.94. The number of rotatable bonds is 3. The lowest BCUT2D eigenvalue weighted by atomic mass is 10.0. The number of anilines is 1. The van der Waals surface area contributed by atoms with Crippen molar-refractivity contribution in [2.75, 3.05) is 5.32 Å². The zero-order valence-corrected chi connectivity index (χ0v) is 11.8. The number of ether oxygens (including phenoxy) is 1. The van der Waals surface area contributed by atoms with E-state index in [1.165, 1.54) is 0 Å². The van der Waals surface area contributed by atoms with Crippen LogP contribution in [0.4, 0.5) is 5.69 Å². The van der Waals surface area contributed by atoms with Crippen molar-refractivity contribution in [3.8, 4) is 11.6 Å². The number of nitrogens with one attached hydrogen (secondary N) is 1. The molecule has 2 aromatic rings. The van der Waals surface area contributed by atoms with Gasteiger partial charge in [0.2, 0.25) is 11.8 Å². The molecular weight excluding hydrogens is 266 g/mol. The summed E-state index contributed by atoms with van der Waals surface area (Å²) in [7, 11) is 0. The summed E-state index contributed by atoms with van der Waals surface area (Å²) in [6.45, 7) is 2.36. The number of hydrogen-bond acceptors (Lipinski definition) is 4. The Hall–Kier alpha value is -2.40. The standard InChI is InChI=1S/C16H17N3O2/c1-10-7-11(9-17)8-16(18-10)21-14-4-2-3-13-12(14)5-6-15(20)19-13/h2-4,7-8H,5-6,9,17H2,1H3,(H,19,20). The van der Waals surface area contributed by atoms with E-state index >= 15 is 0 Å². The van der Waals surface area contributed by atoms with E-state index in [1.54, 1.807) is 0 Å². The minimum Gasteiger partial charge on any atom is -0.439 e. The van der Waals surface area contributed by atoms with Crippen LogP contribution >= 0.6 is 0 Å². The molecular formula is C16H17N3O2. The molecule has 0 saturated carbocycles. The molecule has 1 aliphatic rings. The zero-order valence-electron chi connectivity index (χ0n) is 11.8. The molecule has 0 unspecified atom stereocenters. The van der Waals surface area contributed by atoms with Gasteiger partial charge in [0.1, 0.15) is 5.75 Å². The first-order chi connectivity index (χ1) is 10.2. The number of aryl methyl sites for hydroxylation is 1. The van der Waals surface area contributed by atoms with Gasteiger partial charge in [-0.3, -0.25) is 4.79 Å². The van der Waals surface area contributed by atoms with E-state index in [4.69, 9.17) is 10.5 Å². The summed E-state index contributed by atoms with van der Waals surface area (Å²) in [6, 6.07) is 9.41. The molecule has 5 heteroatoms. The summed E-state index contributed by atoms with van der Waals surface area (Å²) in [5.41, 5.74) is 9.35. The van der Waals surface area contributed by atoms with Crippen LogP contribution < -0.4 is 15.8 Å².